The van der Waals surface area contributed by atoms with Crippen molar-refractivity contribution >= 4 is 21.6 Å². The van der Waals surface area contributed by atoms with Crippen LogP contribution in [0.2, 0.25) is 0 Å². The van der Waals surface area contributed by atoms with Crippen LogP contribution in [0.1, 0.15) is 18.5 Å². The fourth-order valence-electron chi connectivity index (χ4n) is 2.11. The van der Waals surface area contributed by atoms with Crippen LogP contribution in [0.25, 0.3) is 0 Å². The molecular formula is C15H13BrFNO2. The highest BCUT2D eigenvalue weighted by atomic mass is 79.9. The summed E-state index contributed by atoms with van der Waals surface area (Å²) in [4.78, 5) is 0. The normalized spacial score (nSPS) is 14.2. The molecule has 0 spiro atoms. The number of fused-ring (bicyclic) bond motifs is 1. The predicted octanol–water partition coefficient (Wildman–Crippen LogP) is 4.49. The first-order valence-corrected chi connectivity index (χ1v) is 7.04. The highest BCUT2D eigenvalue weighted by Crippen LogP contribution is 2.35. The summed E-state index contributed by atoms with van der Waals surface area (Å²) in [5, 5.41) is 3.28. The van der Waals surface area contributed by atoms with Crippen LogP contribution in [0.3, 0.4) is 0 Å². The molecule has 0 aromatic heterocycles. The fourth-order valence-corrected chi connectivity index (χ4v) is 2.47. The van der Waals surface area contributed by atoms with E-state index in [1.807, 2.05) is 25.1 Å². The van der Waals surface area contributed by atoms with E-state index in [-0.39, 0.29) is 18.7 Å². The van der Waals surface area contributed by atoms with Crippen LogP contribution < -0.4 is 14.8 Å². The van der Waals surface area contributed by atoms with E-state index in [9.17, 15) is 4.39 Å². The van der Waals surface area contributed by atoms with E-state index in [4.69, 9.17) is 9.47 Å². The molecule has 0 saturated heterocycles. The summed E-state index contributed by atoms with van der Waals surface area (Å²) >= 11 is 3.41. The lowest BCUT2D eigenvalue weighted by Crippen LogP contribution is -2.07. The van der Waals surface area contributed by atoms with Crippen molar-refractivity contribution < 1.29 is 13.9 Å². The second kappa shape index (κ2) is 5.32. The van der Waals surface area contributed by atoms with E-state index < -0.39 is 0 Å². The molecule has 0 fully saturated rings. The van der Waals surface area contributed by atoms with Gasteiger partial charge in [0.15, 0.2) is 11.5 Å². The van der Waals surface area contributed by atoms with Crippen molar-refractivity contribution in [1.82, 2.24) is 0 Å². The van der Waals surface area contributed by atoms with E-state index in [2.05, 4.69) is 21.2 Å². The summed E-state index contributed by atoms with van der Waals surface area (Å²) in [7, 11) is 0. The van der Waals surface area contributed by atoms with Gasteiger partial charge in [-0.25, -0.2) is 4.39 Å². The summed E-state index contributed by atoms with van der Waals surface area (Å²) in [6, 6.07) is 10.4. The molecule has 5 heteroatoms. The van der Waals surface area contributed by atoms with Crippen LogP contribution in [-0.2, 0) is 0 Å². The Hall–Kier alpha value is -1.75. The molecule has 0 bridgehead atoms. The lowest BCUT2D eigenvalue weighted by atomic mass is 10.1. The molecule has 1 atom stereocenters. The SMILES string of the molecule is CC(Nc1cc(F)ccc1Br)c1ccc2c(c1)OCO2. The van der Waals surface area contributed by atoms with Crippen LogP contribution in [0.4, 0.5) is 10.1 Å². The van der Waals surface area contributed by atoms with E-state index in [1.165, 1.54) is 12.1 Å². The number of hydrogen-bond acceptors (Lipinski definition) is 3. The largest absolute Gasteiger partial charge is 0.454 e. The maximum atomic E-state index is 13.3. The number of hydrogen-bond donors (Lipinski definition) is 1. The van der Waals surface area contributed by atoms with Crippen molar-refractivity contribution in [2.45, 2.75) is 13.0 Å². The van der Waals surface area contributed by atoms with Crippen LogP contribution in [-0.4, -0.2) is 6.79 Å². The van der Waals surface area contributed by atoms with Gasteiger partial charge in [0.25, 0.3) is 0 Å². The van der Waals surface area contributed by atoms with Gasteiger partial charge >= 0.3 is 0 Å². The second-order valence-corrected chi connectivity index (χ2v) is 5.46. The molecule has 0 radical (unpaired) electrons. The molecule has 1 aliphatic heterocycles. The summed E-state index contributed by atoms with van der Waals surface area (Å²) in [5.74, 6) is 1.23. The molecular weight excluding hydrogens is 325 g/mol. The number of ether oxygens (including phenoxy) is 2. The molecule has 1 N–H and O–H groups in total. The van der Waals surface area contributed by atoms with Gasteiger partial charge in [-0.05, 0) is 58.7 Å². The summed E-state index contributed by atoms with van der Waals surface area (Å²) in [6.07, 6.45) is 0. The average Bonchev–Trinajstić information content (AvgIpc) is 2.90. The van der Waals surface area contributed by atoms with Gasteiger partial charge in [-0.15, -0.1) is 0 Å². The van der Waals surface area contributed by atoms with E-state index in [1.54, 1.807) is 6.07 Å². The van der Waals surface area contributed by atoms with Crippen LogP contribution >= 0.6 is 15.9 Å². The predicted molar refractivity (Wildman–Crippen MR) is 78.7 cm³/mol. The summed E-state index contributed by atoms with van der Waals surface area (Å²) in [5.41, 5.74) is 1.76. The quantitative estimate of drug-likeness (QED) is 0.894. The first-order valence-electron chi connectivity index (χ1n) is 6.24. The Balaban J connectivity index is 1.82. The lowest BCUT2D eigenvalue weighted by Gasteiger charge is -2.17. The number of benzene rings is 2. The van der Waals surface area contributed by atoms with E-state index in [0.29, 0.717) is 0 Å². The zero-order valence-electron chi connectivity index (χ0n) is 10.8. The molecule has 2 aromatic rings. The molecule has 0 amide bonds. The van der Waals surface area contributed by atoms with Gasteiger partial charge in [-0.1, -0.05) is 6.07 Å². The van der Waals surface area contributed by atoms with Crippen molar-refractivity contribution in [1.29, 1.82) is 0 Å². The molecule has 3 nitrogen and oxygen atoms in total. The first kappa shape index (κ1) is 13.2. The van der Waals surface area contributed by atoms with Crippen LogP contribution in [0.15, 0.2) is 40.9 Å². The Labute approximate surface area is 124 Å². The van der Waals surface area contributed by atoms with Crippen molar-refractivity contribution in [3.8, 4) is 11.5 Å². The number of halogens is 2. The smallest absolute Gasteiger partial charge is 0.231 e. The van der Waals surface area contributed by atoms with Gasteiger partial charge in [-0.3, -0.25) is 0 Å². The fraction of sp³-hybridized carbons (Fsp3) is 0.200. The third-order valence-corrected chi connectivity index (χ3v) is 3.89. The molecule has 2 aromatic carbocycles. The number of rotatable bonds is 3. The van der Waals surface area contributed by atoms with Crippen molar-refractivity contribution in [2.24, 2.45) is 0 Å². The minimum Gasteiger partial charge on any atom is -0.454 e. The first-order chi connectivity index (χ1) is 9.63. The lowest BCUT2D eigenvalue weighted by molar-refractivity contribution is 0.174. The Kier molecular flexibility index (Phi) is 3.53. The van der Waals surface area contributed by atoms with Crippen LogP contribution in [0, 0.1) is 5.82 Å². The van der Waals surface area contributed by atoms with Gasteiger partial charge in [0.2, 0.25) is 6.79 Å². The van der Waals surface area contributed by atoms with Crippen molar-refractivity contribution in [3.63, 3.8) is 0 Å². The maximum Gasteiger partial charge on any atom is 0.231 e. The van der Waals surface area contributed by atoms with Crippen LogP contribution in [0.5, 0.6) is 11.5 Å². The molecule has 0 saturated carbocycles. The highest BCUT2D eigenvalue weighted by molar-refractivity contribution is 9.10. The minimum absolute atomic E-state index is 0.0163. The Morgan fingerprint density at radius 3 is 2.80 bits per heavy atom. The number of anilines is 1. The summed E-state index contributed by atoms with van der Waals surface area (Å²) in [6.45, 7) is 2.27. The average molecular weight is 338 g/mol. The maximum absolute atomic E-state index is 13.3. The number of nitrogens with one attached hydrogen (secondary N) is 1. The molecule has 1 aliphatic rings. The van der Waals surface area contributed by atoms with Gasteiger partial charge in [0.05, 0.1) is 5.69 Å². The third kappa shape index (κ3) is 2.58. The molecule has 3 rings (SSSR count). The van der Waals surface area contributed by atoms with Gasteiger partial charge in [0, 0.05) is 10.5 Å². The second-order valence-electron chi connectivity index (χ2n) is 4.60. The minimum atomic E-state index is -0.270. The highest BCUT2D eigenvalue weighted by Gasteiger charge is 2.16. The third-order valence-electron chi connectivity index (χ3n) is 3.20. The molecule has 20 heavy (non-hydrogen) atoms. The monoisotopic (exact) mass is 337 g/mol. The molecule has 1 unspecified atom stereocenters. The zero-order valence-corrected chi connectivity index (χ0v) is 12.4. The standard InChI is InChI=1S/C15H13BrFNO2/c1-9(18-13-7-11(17)3-4-12(13)16)10-2-5-14-15(6-10)20-8-19-14/h2-7,9,18H,8H2,1H3. The Bertz CT molecular complexity index is 648. The Morgan fingerprint density at radius 1 is 1.15 bits per heavy atom. The molecule has 0 aliphatic carbocycles. The van der Waals surface area contributed by atoms with E-state index >= 15 is 0 Å². The molecule has 1 heterocycles. The summed E-state index contributed by atoms with van der Waals surface area (Å²) < 4.78 is 24.8. The van der Waals surface area contributed by atoms with Gasteiger partial charge in [-0.2, -0.15) is 0 Å². The van der Waals surface area contributed by atoms with Crippen molar-refractivity contribution in [3.05, 3.63) is 52.3 Å². The zero-order chi connectivity index (χ0) is 14.1. The van der Waals surface area contributed by atoms with Crippen molar-refractivity contribution in [2.75, 3.05) is 12.1 Å². The molecule has 104 valence electrons. The van der Waals surface area contributed by atoms with Gasteiger partial charge < -0.3 is 14.8 Å². The Morgan fingerprint density at radius 2 is 1.95 bits per heavy atom. The van der Waals surface area contributed by atoms with E-state index in [0.717, 1.165) is 27.2 Å². The topological polar surface area (TPSA) is 30.5 Å². The van der Waals surface area contributed by atoms with Gasteiger partial charge in [0.1, 0.15) is 5.82 Å².